The van der Waals surface area contributed by atoms with Gasteiger partial charge in [-0.05, 0) is 60.7 Å². The van der Waals surface area contributed by atoms with Crippen molar-refractivity contribution in [3.05, 3.63) is 103 Å². The number of rotatable bonds is 6. The standard InChI is InChI=1S/C31H32N4O.Pt/c1-21(2)25-13-9-14-26(22(3)4)30(25)35-19-28(32-31(35)27-12-6-7-15-29(27)36)23-10-8-11-24(18-23)34-17-16-33(5)20-34;/h6-17,19-22,36H,1-5H3;/q-2;+2/i5D3;. The Bertz CT molecular complexity index is 1500. The summed E-state index contributed by atoms with van der Waals surface area (Å²) < 4.78 is 25.1. The van der Waals surface area contributed by atoms with Crippen molar-refractivity contribution in [2.45, 2.75) is 39.5 Å². The fourth-order valence-corrected chi connectivity index (χ4v) is 4.58. The fourth-order valence-electron chi connectivity index (χ4n) is 4.58. The van der Waals surface area contributed by atoms with E-state index in [2.05, 4.69) is 56.5 Å². The van der Waals surface area contributed by atoms with Gasteiger partial charge in [-0.2, -0.15) is 6.67 Å². The molecule has 1 aliphatic rings. The van der Waals surface area contributed by atoms with Crippen LogP contribution in [0.25, 0.3) is 28.3 Å². The number of imidazole rings is 1. The summed E-state index contributed by atoms with van der Waals surface area (Å²) in [5.74, 6) is 1.34. The second-order valence-corrected chi connectivity index (χ2v) is 9.61. The minimum Gasteiger partial charge on any atom is -0.510 e. The van der Waals surface area contributed by atoms with E-state index in [1.807, 2.05) is 36.5 Å². The summed E-state index contributed by atoms with van der Waals surface area (Å²) in [6.07, 6.45) is 5.22. The first-order chi connectivity index (χ1) is 18.5. The van der Waals surface area contributed by atoms with Gasteiger partial charge in [-0.3, -0.25) is 4.98 Å². The first-order valence-corrected chi connectivity index (χ1v) is 12.2. The van der Waals surface area contributed by atoms with E-state index < -0.39 is 6.98 Å². The van der Waals surface area contributed by atoms with Crippen LogP contribution in [0.1, 0.15) is 54.8 Å². The maximum Gasteiger partial charge on any atom is 2.00 e. The van der Waals surface area contributed by atoms with E-state index in [0.29, 0.717) is 22.8 Å². The third-order valence-electron chi connectivity index (χ3n) is 6.40. The van der Waals surface area contributed by atoms with Crippen LogP contribution in [0.4, 0.5) is 5.69 Å². The molecule has 5 nitrogen and oxygen atoms in total. The molecule has 1 aliphatic heterocycles. The molecular weight excluding hydrogens is 639 g/mol. The van der Waals surface area contributed by atoms with Gasteiger partial charge in [0.15, 0.2) is 0 Å². The number of para-hydroxylation sites is 2. The monoisotopic (exact) mass is 674 g/mol. The van der Waals surface area contributed by atoms with E-state index in [-0.39, 0.29) is 38.7 Å². The molecule has 1 N–H and O–H groups in total. The van der Waals surface area contributed by atoms with E-state index in [9.17, 15) is 5.11 Å². The molecule has 0 radical (unpaired) electrons. The molecule has 5 rings (SSSR count). The van der Waals surface area contributed by atoms with Crippen molar-refractivity contribution in [2.24, 2.45) is 0 Å². The van der Waals surface area contributed by atoms with Crippen LogP contribution in [0.5, 0.6) is 5.75 Å². The van der Waals surface area contributed by atoms with Crippen molar-refractivity contribution in [2.75, 3.05) is 11.9 Å². The van der Waals surface area contributed by atoms with Crippen molar-refractivity contribution in [3.8, 4) is 34.1 Å². The van der Waals surface area contributed by atoms with Crippen molar-refractivity contribution in [3.63, 3.8) is 0 Å². The van der Waals surface area contributed by atoms with Gasteiger partial charge >= 0.3 is 21.1 Å². The van der Waals surface area contributed by atoms with E-state index in [0.717, 1.165) is 11.3 Å². The van der Waals surface area contributed by atoms with Gasteiger partial charge in [0.05, 0.1) is 11.3 Å². The molecule has 6 heteroatoms. The largest absolute Gasteiger partial charge is 2.00 e. The third-order valence-corrected chi connectivity index (χ3v) is 6.40. The molecule has 0 aliphatic carbocycles. The molecule has 192 valence electrons. The molecule has 0 bridgehead atoms. The zero-order chi connectivity index (χ0) is 27.9. The van der Waals surface area contributed by atoms with E-state index in [1.165, 1.54) is 28.9 Å². The van der Waals surface area contributed by atoms with Gasteiger partial charge < -0.3 is 19.5 Å². The first-order valence-electron chi connectivity index (χ1n) is 13.7. The topological polar surface area (TPSA) is 44.5 Å². The number of nitrogens with zero attached hydrogens (tertiary/aromatic N) is 4. The Kier molecular flexibility index (Phi) is 6.79. The van der Waals surface area contributed by atoms with E-state index in [4.69, 9.17) is 9.10 Å². The van der Waals surface area contributed by atoms with Crippen LogP contribution >= 0.6 is 0 Å². The molecule has 0 fully saturated rings. The molecular formula is C31H32N4OPt. The average molecular weight is 675 g/mol. The normalized spacial score (nSPS) is 14.6. The second-order valence-electron chi connectivity index (χ2n) is 9.61. The van der Waals surface area contributed by atoms with E-state index >= 15 is 0 Å². The van der Waals surface area contributed by atoms with Crippen molar-refractivity contribution >= 4 is 5.69 Å². The molecule has 0 saturated heterocycles. The molecule has 4 aromatic rings. The Labute approximate surface area is 238 Å². The third kappa shape index (κ3) is 5.24. The predicted molar refractivity (Wildman–Crippen MR) is 147 cm³/mol. The average Bonchev–Trinajstić information content (AvgIpc) is 3.57. The molecule has 2 heterocycles. The van der Waals surface area contributed by atoms with Crippen molar-refractivity contribution in [1.82, 2.24) is 14.5 Å². The van der Waals surface area contributed by atoms with Gasteiger partial charge in [-0.1, -0.05) is 63.7 Å². The first kappa shape index (κ1) is 22.9. The number of aromatic hydroxyl groups is 1. The Morgan fingerprint density at radius 2 is 1.62 bits per heavy atom. The summed E-state index contributed by atoms with van der Waals surface area (Å²) in [6, 6.07) is 22.8. The van der Waals surface area contributed by atoms with Crippen LogP contribution in [0.3, 0.4) is 0 Å². The minimum absolute atomic E-state index is 0. The number of aromatic nitrogens is 2. The van der Waals surface area contributed by atoms with Crippen LogP contribution in [0.2, 0.25) is 0 Å². The number of anilines is 1. The fraction of sp³-hybridized carbons (Fsp3) is 0.226. The summed E-state index contributed by atoms with van der Waals surface area (Å²) in [6.45, 7) is 8.00. The number of phenolic OH excluding ortho intramolecular Hbond substituents is 1. The molecule has 0 unspecified atom stereocenters. The quantitative estimate of drug-likeness (QED) is 0.218. The van der Waals surface area contributed by atoms with Gasteiger partial charge in [-0.25, -0.2) is 0 Å². The van der Waals surface area contributed by atoms with Crippen LogP contribution in [-0.2, 0) is 21.1 Å². The SMILES string of the molecule is [2H]C([2H])([2H])N1C=CN(c2[c-]c(-c3cn(-c4c(C(C)C)cccc4C(C)C)c(-c4ccccc4O)n3)ccc2)[CH-]1.[Pt+2]. The van der Waals surface area contributed by atoms with Crippen LogP contribution in [-0.4, -0.2) is 26.5 Å². The summed E-state index contributed by atoms with van der Waals surface area (Å²) in [5.41, 5.74) is 6.24. The Morgan fingerprint density at radius 1 is 0.919 bits per heavy atom. The van der Waals surface area contributed by atoms with Crippen molar-refractivity contribution in [1.29, 1.82) is 0 Å². The Hall–Kier alpha value is -3.30. The van der Waals surface area contributed by atoms with Crippen LogP contribution in [0, 0.1) is 12.7 Å². The van der Waals surface area contributed by atoms with Gasteiger partial charge in [0.1, 0.15) is 11.6 Å². The molecule has 37 heavy (non-hydrogen) atoms. The summed E-state index contributed by atoms with van der Waals surface area (Å²) in [7, 11) is 0. The molecule has 3 aromatic carbocycles. The Morgan fingerprint density at radius 3 is 2.27 bits per heavy atom. The molecule has 0 saturated carbocycles. The Balaban J connectivity index is 0.00000370. The predicted octanol–water partition coefficient (Wildman–Crippen LogP) is 7.30. The number of hydrogen-bond acceptors (Lipinski definition) is 4. The zero-order valence-electron chi connectivity index (χ0n) is 24.3. The number of benzene rings is 3. The maximum atomic E-state index is 10.8. The van der Waals surface area contributed by atoms with Gasteiger partial charge in [0.25, 0.3) is 0 Å². The minimum atomic E-state index is -2.26. The smallest absolute Gasteiger partial charge is 0.510 e. The van der Waals surface area contributed by atoms with E-state index in [1.54, 1.807) is 23.2 Å². The summed E-state index contributed by atoms with van der Waals surface area (Å²) in [5, 5.41) is 10.8. The van der Waals surface area contributed by atoms with Crippen LogP contribution < -0.4 is 4.90 Å². The molecule has 1 aromatic heterocycles. The van der Waals surface area contributed by atoms with Crippen LogP contribution in [0.15, 0.2) is 79.3 Å². The summed E-state index contributed by atoms with van der Waals surface area (Å²) >= 11 is 0. The van der Waals surface area contributed by atoms with Gasteiger partial charge in [0, 0.05) is 9.81 Å². The maximum absolute atomic E-state index is 10.8. The van der Waals surface area contributed by atoms with Gasteiger partial charge in [-0.15, -0.1) is 29.8 Å². The molecule has 0 spiro atoms. The number of hydrogen-bond donors (Lipinski definition) is 1. The number of phenols is 1. The summed E-state index contributed by atoms with van der Waals surface area (Å²) in [4.78, 5) is 7.95. The van der Waals surface area contributed by atoms with Crippen molar-refractivity contribution < 1.29 is 30.3 Å². The van der Waals surface area contributed by atoms with Gasteiger partial charge in [0.2, 0.25) is 0 Å². The zero-order valence-corrected chi connectivity index (χ0v) is 23.6. The molecule has 0 atom stereocenters. The second kappa shape index (κ2) is 11.0. The molecule has 0 amide bonds.